The van der Waals surface area contributed by atoms with Gasteiger partial charge < -0.3 is 20.7 Å². The SMILES string of the molecule is CNCCC(=O)Nc1ccc(NC(=O)CN2CCOCC2)cc1. The molecule has 2 amide bonds. The Hall–Kier alpha value is -1.96. The Morgan fingerprint density at radius 3 is 2.17 bits per heavy atom. The molecule has 1 aromatic rings. The maximum Gasteiger partial charge on any atom is 0.238 e. The third kappa shape index (κ3) is 6.35. The monoisotopic (exact) mass is 320 g/mol. The molecule has 7 heteroatoms. The van der Waals surface area contributed by atoms with Gasteiger partial charge >= 0.3 is 0 Å². The number of amides is 2. The van der Waals surface area contributed by atoms with Crippen LogP contribution in [0.1, 0.15) is 6.42 Å². The second-order valence-corrected chi connectivity index (χ2v) is 5.42. The van der Waals surface area contributed by atoms with Gasteiger partial charge in [-0.2, -0.15) is 0 Å². The van der Waals surface area contributed by atoms with Crippen LogP contribution in [-0.2, 0) is 14.3 Å². The van der Waals surface area contributed by atoms with E-state index in [0.29, 0.717) is 32.7 Å². The topological polar surface area (TPSA) is 82.7 Å². The average Bonchev–Trinajstić information content (AvgIpc) is 2.55. The summed E-state index contributed by atoms with van der Waals surface area (Å²) in [4.78, 5) is 25.7. The van der Waals surface area contributed by atoms with Crippen molar-refractivity contribution < 1.29 is 14.3 Å². The molecular formula is C16H24N4O3. The van der Waals surface area contributed by atoms with Gasteiger partial charge in [0.15, 0.2) is 0 Å². The predicted molar refractivity (Wildman–Crippen MR) is 89.5 cm³/mol. The van der Waals surface area contributed by atoms with E-state index in [2.05, 4.69) is 20.9 Å². The van der Waals surface area contributed by atoms with Crippen molar-refractivity contribution in [3.8, 4) is 0 Å². The number of hydrogen-bond donors (Lipinski definition) is 3. The van der Waals surface area contributed by atoms with Gasteiger partial charge in [-0.15, -0.1) is 0 Å². The number of ether oxygens (including phenoxy) is 1. The fraction of sp³-hybridized carbons (Fsp3) is 0.500. The van der Waals surface area contributed by atoms with Crippen LogP contribution in [0.4, 0.5) is 11.4 Å². The Bertz CT molecular complexity index is 513. The van der Waals surface area contributed by atoms with E-state index in [0.717, 1.165) is 24.5 Å². The molecule has 23 heavy (non-hydrogen) atoms. The third-order valence-electron chi connectivity index (χ3n) is 3.53. The fourth-order valence-electron chi connectivity index (χ4n) is 2.26. The molecule has 0 aromatic heterocycles. The van der Waals surface area contributed by atoms with Crippen LogP contribution in [0.3, 0.4) is 0 Å². The van der Waals surface area contributed by atoms with Crippen molar-refractivity contribution in [2.45, 2.75) is 6.42 Å². The van der Waals surface area contributed by atoms with Gasteiger partial charge in [-0.3, -0.25) is 14.5 Å². The van der Waals surface area contributed by atoms with Crippen LogP contribution in [0, 0.1) is 0 Å². The highest BCUT2D eigenvalue weighted by Crippen LogP contribution is 2.14. The normalized spacial score (nSPS) is 15.2. The number of hydrogen-bond acceptors (Lipinski definition) is 5. The average molecular weight is 320 g/mol. The van der Waals surface area contributed by atoms with Crippen LogP contribution >= 0.6 is 0 Å². The second kappa shape index (κ2) is 9.24. The van der Waals surface area contributed by atoms with Crippen LogP contribution in [0.15, 0.2) is 24.3 Å². The largest absolute Gasteiger partial charge is 0.379 e. The lowest BCUT2D eigenvalue weighted by Crippen LogP contribution is -2.41. The molecule has 0 aliphatic carbocycles. The van der Waals surface area contributed by atoms with Crippen LogP contribution in [-0.4, -0.2) is 63.2 Å². The molecule has 1 aliphatic heterocycles. The molecule has 0 spiro atoms. The molecule has 1 saturated heterocycles. The first-order valence-electron chi connectivity index (χ1n) is 7.82. The Morgan fingerprint density at radius 2 is 1.61 bits per heavy atom. The van der Waals surface area contributed by atoms with Crippen molar-refractivity contribution in [3.63, 3.8) is 0 Å². The van der Waals surface area contributed by atoms with Crippen molar-refractivity contribution in [1.82, 2.24) is 10.2 Å². The first kappa shape index (κ1) is 17.4. The second-order valence-electron chi connectivity index (χ2n) is 5.42. The van der Waals surface area contributed by atoms with Crippen LogP contribution in [0.5, 0.6) is 0 Å². The van der Waals surface area contributed by atoms with Crippen LogP contribution in [0.25, 0.3) is 0 Å². The Balaban J connectivity index is 1.77. The summed E-state index contributed by atoms with van der Waals surface area (Å²) in [6.07, 6.45) is 0.425. The van der Waals surface area contributed by atoms with E-state index in [1.54, 1.807) is 24.3 Å². The summed E-state index contributed by atoms with van der Waals surface area (Å²) < 4.78 is 5.26. The summed E-state index contributed by atoms with van der Waals surface area (Å²) in [5.74, 6) is -0.0823. The predicted octanol–water partition coefficient (Wildman–Crippen LogP) is 0.505. The molecule has 2 rings (SSSR count). The molecule has 1 heterocycles. The van der Waals surface area contributed by atoms with Gasteiger partial charge in [0.2, 0.25) is 11.8 Å². The van der Waals surface area contributed by atoms with E-state index in [9.17, 15) is 9.59 Å². The lowest BCUT2D eigenvalue weighted by atomic mass is 10.2. The number of anilines is 2. The molecule has 0 radical (unpaired) electrons. The van der Waals surface area contributed by atoms with E-state index in [4.69, 9.17) is 4.74 Å². The summed E-state index contributed by atoms with van der Waals surface area (Å²) in [7, 11) is 1.81. The summed E-state index contributed by atoms with van der Waals surface area (Å²) in [6.45, 7) is 3.92. The van der Waals surface area contributed by atoms with Gasteiger partial charge in [-0.1, -0.05) is 0 Å². The zero-order valence-electron chi connectivity index (χ0n) is 13.4. The first-order valence-corrected chi connectivity index (χ1v) is 7.82. The molecule has 7 nitrogen and oxygen atoms in total. The van der Waals surface area contributed by atoms with Gasteiger partial charge in [0.05, 0.1) is 19.8 Å². The Labute approximate surface area is 136 Å². The smallest absolute Gasteiger partial charge is 0.238 e. The summed E-state index contributed by atoms with van der Waals surface area (Å²) in [5.41, 5.74) is 1.44. The molecular weight excluding hydrogens is 296 g/mol. The molecule has 1 fully saturated rings. The summed E-state index contributed by atoms with van der Waals surface area (Å²) in [6, 6.07) is 7.12. The number of benzene rings is 1. The van der Waals surface area contributed by atoms with E-state index >= 15 is 0 Å². The van der Waals surface area contributed by atoms with Gasteiger partial charge in [0.1, 0.15) is 0 Å². The van der Waals surface area contributed by atoms with E-state index in [-0.39, 0.29) is 11.8 Å². The first-order chi connectivity index (χ1) is 11.2. The van der Waals surface area contributed by atoms with Crippen molar-refractivity contribution in [1.29, 1.82) is 0 Å². The molecule has 0 unspecified atom stereocenters. The lowest BCUT2D eigenvalue weighted by molar-refractivity contribution is -0.118. The van der Waals surface area contributed by atoms with Gasteiger partial charge in [-0.25, -0.2) is 0 Å². The summed E-state index contributed by atoms with van der Waals surface area (Å²) >= 11 is 0. The molecule has 1 aliphatic rings. The highest BCUT2D eigenvalue weighted by molar-refractivity contribution is 5.93. The summed E-state index contributed by atoms with van der Waals surface area (Å²) in [5, 5.41) is 8.60. The molecule has 126 valence electrons. The zero-order chi connectivity index (χ0) is 16.5. The van der Waals surface area contributed by atoms with Crippen molar-refractivity contribution >= 4 is 23.2 Å². The molecule has 1 aromatic carbocycles. The fourth-order valence-corrected chi connectivity index (χ4v) is 2.26. The third-order valence-corrected chi connectivity index (χ3v) is 3.53. The maximum absolute atomic E-state index is 12.0. The number of nitrogens with one attached hydrogen (secondary N) is 3. The Morgan fingerprint density at radius 1 is 1.04 bits per heavy atom. The molecule has 0 atom stereocenters. The minimum Gasteiger partial charge on any atom is -0.379 e. The van der Waals surface area contributed by atoms with Crippen LogP contribution < -0.4 is 16.0 Å². The Kier molecular flexibility index (Phi) is 6.99. The van der Waals surface area contributed by atoms with Crippen molar-refractivity contribution in [2.75, 3.05) is 57.1 Å². The van der Waals surface area contributed by atoms with Crippen LogP contribution in [0.2, 0.25) is 0 Å². The molecule has 0 saturated carbocycles. The van der Waals surface area contributed by atoms with Gasteiger partial charge in [0.25, 0.3) is 0 Å². The number of nitrogens with zero attached hydrogens (tertiary/aromatic N) is 1. The number of carbonyl (C=O) groups excluding carboxylic acids is 2. The standard InChI is InChI=1S/C16H24N4O3/c1-17-7-6-15(21)18-13-2-4-14(5-3-13)19-16(22)12-20-8-10-23-11-9-20/h2-5,17H,6-12H2,1H3,(H,18,21)(H,19,22). The minimum absolute atomic E-state index is 0.0385. The zero-order valence-corrected chi connectivity index (χ0v) is 13.4. The molecule has 0 bridgehead atoms. The molecule has 3 N–H and O–H groups in total. The number of morpholine rings is 1. The van der Waals surface area contributed by atoms with Gasteiger partial charge in [0, 0.05) is 37.4 Å². The number of carbonyl (C=O) groups is 2. The van der Waals surface area contributed by atoms with Gasteiger partial charge in [-0.05, 0) is 31.3 Å². The van der Waals surface area contributed by atoms with E-state index in [1.807, 2.05) is 7.05 Å². The highest BCUT2D eigenvalue weighted by Gasteiger charge is 2.14. The van der Waals surface area contributed by atoms with Crippen molar-refractivity contribution in [3.05, 3.63) is 24.3 Å². The number of rotatable bonds is 7. The maximum atomic E-state index is 12.0. The van der Waals surface area contributed by atoms with E-state index in [1.165, 1.54) is 0 Å². The minimum atomic E-state index is -0.0438. The lowest BCUT2D eigenvalue weighted by Gasteiger charge is -2.25. The van der Waals surface area contributed by atoms with Crippen molar-refractivity contribution in [2.24, 2.45) is 0 Å². The highest BCUT2D eigenvalue weighted by atomic mass is 16.5. The quantitative estimate of drug-likeness (QED) is 0.682. The van der Waals surface area contributed by atoms with E-state index < -0.39 is 0 Å².